The zero-order valence-corrected chi connectivity index (χ0v) is 12.4. The maximum atomic E-state index is 11.7. The summed E-state index contributed by atoms with van der Waals surface area (Å²) in [5.74, 6) is -0.641. The fraction of sp³-hybridized carbons (Fsp3) is 0.467. The fourth-order valence-electron chi connectivity index (χ4n) is 1.90. The first-order valence-corrected chi connectivity index (χ1v) is 6.57. The predicted octanol–water partition coefficient (Wildman–Crippen LogP) is 2.25. The van der Waals surface area contributed by atoms with Crippen molar-refractivity contribution in [3.8, 4) is 0 Å². The van der Waals surface area contributed by atoms with Crippen molar-refractivity contribution in [2.45, 2.75) is 26.3 Å². The van der Waals surface area contributed by atoms with Crippen LogP contribution in [0.1, 0.15) is 30.6 Å². The molecule has 1 aromatic carbocycles. The van der Waals surface area contributed by atoms with Crippen molar-refractivity contribution < 1.29 is 19.1 Å². The molecule has 0 bridgehead atoms. The van der Waals surface area contributed by atoms with Crippen LogP contribution in [0.3, 0.4) is 0 Å². The van der Waals surface area contributed by atoms with Crippen molar-refractivity contribution in [3.05, 3.63) is 29.8 Å². The van der Waals surface area contributed by atoms with E-state index in [9.17, 15) is 9.59 Å². The lowest BCUT2D eigenvalue weighted by atomic mass is 10.1. The van der Waals surface area contributed by atoms with Gasteiger partial charge in [0.1, 0.15) is 0 Å². The number of methoxy groups -OCH3 is 1. The number of nitrogens with zero attached hydrogens (tertiary/aromatic N) is 1. The van der Waals surface area contributed by atoms with Crippen LogP contribution in [0.5, 0.6) is 0 Å². The van der Waals surface area contributed by atoms with Crippen molar-refractivity contribution in [3.63, 3.8) is 0 Å². The average Bonchev–Trinajstić information content (AvgIpc) is 2.45. The molecule has 0 saturated carbocycles. The van der Waals surface area contributed by atoms with E-state index < -0.39 is 5.97 Å². The number of benzene rings is 1. The Hall–Kier alpha value is -2.04. The van der Waals surface area contributed by atoms with Crippen molar-refractivity contribution in [2.24, 2.45) is 0 Å². The Morgan fingerprint density at radius 1 is 1.30 bits per heavy atom. The summed E-state index contributed by atoms with van der Waals surface area (Å²) in [6.45, 7) is 4.05. The Labute approximate surface area is 119 Å². The van der Waals surface area contributed by atoms with Gasteiger partial charge in [0, 0.05) is 13.1 Å². The highest BCUT2D eigenvalue weighted by Gasteiger charge is 2.20. The Bertz CT molecular complexity index is 473. The van der Waals surface area contributed by atoms with Gasteiger partial charge < -0.3 is 14.4 Å². The van der Waals surface area contributed by atoms with Crippen molar-refractivity contribution >= 4 is 17.6 Å². The quantitative estimate of drug-likeness (QED) is 0.748. The third-order valence-electron chi connectivity index (χ3n) is 3.12. The van der Waals surface area contributed by atoms with Crippen LogP contribution in [-0.4, -0.2) is 38.7 Å². The Kier molecular flexibility index (Phi) is 6.03. The van der Waals surface area contributed by atoms with Crippen LogP contribution in [0.4, 0.5) is 5.69 Å². The smallest absolute Gasteiger partial charge is 0.339 e. The number of esters is 2. The Morgan fingerprint density at radius 3 is 2.55 bits per heavy atom. The summed E-state index contributed by atoms with van der Waals surface area (Å²) in [5.41, 5.74) is 1.21. The first kappa shape index (κ1) is 16.0. The van der Waals surface area contributed by atoms with Gasteiger partial charge in [0.15, 0.2) is 0 Å². The maximum absolute atomic E-state index is 11.7. The van der Waals surface area contributed by atoms with Gasteiger partial charge in [-0.15, -0.1) is 0 Å². The minimum Gasteiger partial charge on any atom is -0.466 e. The first-order chi connectivity index (χ1) is 9.51. The van der Waals surface area contributed by atoms with E-state index in [1.54, 1.807) is 19.1 Å². The lowest BCUT2D eigenvalue weighted by molar-refractivity contribution is -0.143. The summed E-state index contributed by atoms with van der Waals surface area (Å²) in [7, 11) is 3.19. The second-order valence-electron chi connectivity index (χ2n) is 4.48. The number of rotatable bonds is 6. The SMILES string of the molecule is CCOC(=O)CC(C)N(C)c1ccccc1C(=O)OC. The van der Waals surface area contributed by atoms with Crippen LogP contribution >= 0.6 is 0 Å². The van der Waals surface area contributed by atoms with E-state index in [0.717, 1.165) is 5.69 Å². The summed E-state index contributed by atoms with van der Waals surface area (Å²) in [6, 6.07) is 7.07. The van der Waals surface area contributed by atoms with Crippen molar-refractivity contribution in [1.82, 2.24) is 0 Å². The minimum atomic E-state index is -0.393. The largest absolute Gasteiger partial charge is 0.466 e. The molecule has 5 heteroatoms. The van der Waals surface area contributed by atoms with Crippen LogP contribution in [0.15, 0.2) is 24.3 Å². The molecule has 1 aromatic rings. The molecular formula is C15H21NO4. The molecule has 0 heterocycles. The molecule has 0 aliphatic heterocycles. The fourth-order valence-corrected chi connectivity index (χ4v) is 1.90. The van der Waals surface area contributed by atoms with E-state index in [4.69, 9.17) is 9.47 Å². The van der Waals surface area contributed by atoms with Gasteiger partial charge in [-0.2, -0.15) is 0 Å². The van der Waals surface area contributed by atoms with Crippen molar-refractivity contribution in [1.29, 1.82) is 0 Å². The monoisotopic (exact) mass is 279 g/mol. The highest BCUT2D eigenvalue weighted by molar-refractivity contribution is 5.95. The number of ether oxygens (including phenoxy) is 2. The van der Waals surface area contributed by atoms with Gasteiger partial charge in [0.2, 0.25) is 0 Å². The van der Waals surface area contributed by atoms with Gasteiger partial charge in [-0.3, -0.25) is 4.79 Å². The molecule has 0 amide bonds. The number of carbonyl (C=O) groups is 2. The molecule has 5 nitrogen and oxygen atoms in total. The van der Waals surface area contributed by atoms with E-state index in [2.05, 4.69) is 0 Å². The summed E-state index contributed by atoms with van der Waals surface area (Å²) < 4.78 is 9.71. The molecule has 0 aliphatic rings. The number of hydrogen-bond donors (Lipinski definition) is 0. The van der Waals surface area contributed by atoms with E-state index >= 15 is 0 Å². The van der Waals surface area contributed by atoms with Crippen LogP contribution < -0.4 is 4.90 Å². The molecular weight excluding hydrogens is 258 g/mol. The highest BCUT2D eigenvalue weighted by Crippen LogP contribution is 2.22. The molecule has 1 unspecified atom stereocenters. The van der Waals surface area contributed by atoms with Crippen LogP contribution in [0.25, 0.3) is 0 Å². The van der Waals surface area contributed by atoms with E-state index in [1.807, 2.05) is 31.0 Å². The second kappa shape index (κ2) is 7.53. The molecule has 1 rings (SSSR count). The summed E-state index contributed by atoms with van der Waals surface area (Å²) in [4.78, 5) is 25.1. The number of para-hydroxylation sites is 1. The summed E-state index contributed by atoms with van der Waals surface area (Å²) in [6.07, 6.45) is 0.264. The molecule has 0 fully saturated rings. The average molecular weight is 279 g/mol. The van der Waals surface area contributed by atoms with E-state index in [1.165, 1.54) is 7.11 Å². The molecule has 110 valence electrons. The first-order valence-electron chi connectivity index (χ1n) is 6.57. The molecule has 0 aromatic heterocycles. The van der Waals surface area contributed by atoms with Gasteiger partial charge in [-0.1, -0.05) is 12.1 Å². The van der Waals surface area contributed by atoms with Gasteiger partial charge in [-0.25, -0.2) is 4.79 Å². The molecule has 0 saturated heterocycles. The number of anilines is 1. The molecule has 0 radical (unpaired) electrons. The van der Waals surface area contributed by atoms with Gasteiger partial charge in [-0.05, 0) is 26.0 Å². The number of hydrogen-bond acceptors (Lipinski definition) is 5. The third-order valence-corrected chi connectivity index (χ3v) is 3.12. The Morgan fingerprint density at radius 2 is 1.95 bits per heavy atom. The third kappa shape index (κ3) is 3.98. The highest BCUT2D eigenvalue weighted by atomic mass is 16.5. The van der Waals surface area contributed by atoms with Crippen LogP contribution in [0, 0.1) is 0 Å². The minimum absolute atomic E-state index is 0.0835. The van der Waals surface area contributed by atoms with Crippen LogP contribution in [0.2, 0.25) is 0 Å². The zero-order valence-electron chi connectivity index (χ0n) is 12.4. The lowest BCUT2D eigenvalue weighted by Crippen LogP contribution is -2.32. The van der Waals surface area contributed by atoms with Gasteiger partial charge in [0.25, 0.3) is 0 Å². The molecule has 20 heavy (non-hydrogen) atoms. The Balaban J connectivity index is 2.88. The van der Waals surface area contributed by atoms with Crippen molar-refractivity contribution in [2.75, 3.05) is 25.7 Å². The number of carbonyl (C=O) groups excluding carboxylic acids is 2. The lowest BCUT2D eigenvalue weighted by Gasteiger charge is -2.27. The normalized spacial score (nSPS) is 11.6. The topological polar surface area (TPSA) is 55.8 Å². The zero-order chi connectivity index (χ0) is 15.1. The molecule has 0 spiro atoms. The van der Waals surface area contributed by atoms with E-state index in [-0.39, 0.29) is 18.4 Å². The summed E-state index contributed by atoms with van der Waals surface area (Å²) >= 11 is 0. The van der Waals surface area contributed by atoms with Crippen LogP contribution in [-0.2, 0) is 14.3 Å². The molecule has 0 N–H and O–H groups in total. The van der Waals surface area contributed by atoms with Gasteiger partial charge >= 0.3 is 11.9 Å². The summed E-state index contributed by atoms with van der Waals surface area (Å²) in [5, 5.41) is 0. The van der Waals surface area contributed by atoms with Gasteiger partial charge in [0.05, 0.1) is 31.4 Å². The van der Waals surface area contributed by atoms with E-state index in [0.29, 0.717) is 12.2 Å². The molecule has 0 aliphatic carbocycles. The predicted molar refractivity (Wildman–Crippen MR) is 76.9 cm³/mol. The second-order valence-corrected chi connectivity index (χ2v) is 4.48. The standard InChI is InChI=1S/C15H21NO4/c1-5-20-14(17)10-11(2)16(3)13-9-7-6-8-12(13)15(18)19-4/h6-9,11H,5,10H2,1-4H3. The maximum Gasteiger partial charge on any atom is 0.339 e. The molecule has 1 atom stereocenters.